The van der Waals surface area contributed by atoms with Gasteiger partial charge in [-0.1, -0.05) is 36.4 Å². The van der Waals surface area contributed by atoms with E-state index in [1.165, 1.54) is 6.07 Å². The predicted molar refractivity (Wildman–Crippen MR) is 81.2 cm³/mol. The van der Waals surface area contributed by atoms with Gasteiger partial charge >= 0.3 is 12.1 Å². The second kappa shape index (κ2) is 6.76. The molecule has 0 atom stereocenters. The maximum Gasteiger partial charge on any atom is 0.511 e. The largest absolute Gasteiger partial charge is 0.511 e. The Labute approximate surface area is 128 Å². The van der Waals surface area contributed by atoms with E-state index in [0.717, 1.165) is 11.1 Å². The summed E-state index contributed by atoms with van der Waals surface area (Å²) < 4.78 is 9.71. The quantitative estimate of drug-likeness (QED) is 0.685. The first-order chi connectivity index (χ1) is 10.5. The summed E-state index contributed by atoms with van der Waals surface area (Å²) in [7, 11) is 0. The summed E-state index contributed by atoms with van der Waals surface area (Å²) in [5.41, 5.74) is 2.49. The van der Waals surface area contributed by atoms with Crippen LogP contribution in [-0.4, -0.2) is 23.8 Å². The number of benzene rings is 2. The minimum Gasteiger partial charge on any atom is -0.462 e. The van der Waals surface area contributed by atoms with Crippen LogP contribution in [0.5, 0.6) is 5.75 Å². The number of hydrogen-bond acceptors (Lipinski definition) is 4. The van der Waals surface area contributed by atoms with E-state index in [1.807, 2.05) is 30.3 Å². The van der Waals surface area contributed by atoms with Crippen LogP contribution < -0.4 is 4.74 Å². The summed E-state index contributed by atoms with van der Waals surface area (Å²) in [6, 6.07) is 12.7. The molecule has 114 valence electrons. The minimum atomic E-state index is -1.47. The van der Waals surface area contributed by atoms with Crippen molar-refractivity contribution in [1.29, 1.82) is 0 Å². The Balaban J connectivity index is 2.58. The van der Waals surface area contributed by atoms with Crippen LogP contribution in [0.25, 0.3) is 11.1 Å². The first kappa shape index (κ1) is 15.6. The maximum atomic E-state index is 12.2. The second-order valence-electron chi connectivity index (χ2n) is 4.57. The molecule has 0 saturated heterocycles. The number of carbonyl (C=O) groups excluding carboxylic acids is 1. The standard InChI is InChI=1S/C17H16O5/c1-3-21-16(18)15-11(2)13(12-7-5-4-6-8-12)9-10-14(15)22-17(19)20/h4-10H,3H2,1-2H3,(H,19,20). The first-order valence-electron chi connectivity index (χ1n) is 6.81. The number of carboxylic acid groups (broad SMARTS) is 1. The molecule has 5 heteroatoms. The summed E-state index contributed by atoms with van der Waals surface area (Å²) in [6.45, 7) is 3.62. The van der Waals surface area contributed by atoms with Gasteiger partial charge in [-0.3, -0.25) is 0 Å². The molecule has 0 aliphatic carbocycles. The normalized spacial score (nSPS) is 10.1. The highest BCUT2D eigenvalue weighted by Crippen LogP contribution is 2.32. The molecule has 1 N–H and O–H groups in total. The average molecular weight is 300 g/mol. The Kier molecular flexibility index (Phi) is 4.78. The monoisotopic (exact) mass is 300 g/mol. The van der Waals surface area contributed by atoms with E-state index < -0.39 is 12.1 Å². The Morgan fingerprint density at radius 2 is 1.77 bits per heavy atom. The van der Waals surface area contributed by atoms with Gasteiger partial charge in [0.15, 0.2) is 0 Å². The lowest BCUT2D eigenvalue weighted by Gasteiger charge is -2.14. The molecule has 2 aromatic rings. The maximum absolute atomic E-state index is 12.2. The van der Waals surface area contributed by atoms with Gasteiger partial charge in [-0.15, -0.1) is 0 Å². The summed E-state index contributed by atoms with van der Waals surface area (Å²) in [6.07, 6.45) is -1.47. The molecule has 0 fully saturated rings. The molecule has 0 radical (unpaired) electrons. The van der Waals surface area contributed by atoms with Gasteiger partial charge in [0.1, 0.15) is 11.3 Å². The van der Waals surface area contributed by atoms with Gasteiger partial charge in [-0.05, 0) is 36.6 Å². The second-order valence-corrected chi connectivity index (χ2v) is 4.57. The number of hydrogen-bond donors (Lipinski definition) is 1. The molecule has 0 aromatic heterocycles. The van der Waals surface area contributed by atoms with Crippen LogP contribution in [0.1, 0.15) is 22.8 Å². The molecular weight excluding hydrogens is 284 g/mol. The van der Waals surface area contributed by atoms with Gasteiger partial charge in [0.25, 0.3) is 0 Å². The lowest BCUT2D eigenvalue weighted by Crippen LogP contribution is -2.13. The van der Waals surface area contributed by atoms with E-state index in [0.29, 0.717) is 5.56 Å². The molecule has 0 heterocycles. The van der Waals surface area contributed by atoms with Crippen LogP contribution in [0.3, 0.4) is 0 Å². The first-order valence-corrected chi connectivity index (χ1v) is 6.81. The Hall–Kier alpha value is -2.82. The van der Waals surface area contributed by atoms with Gasteiger partial charge in [0, 0.05) is 0 Å². The molecule has 2 aromatic carbocycles. The number of rotatable bonds is 4. The van der Waals surface area contributed by atoms with E-state index in [4.69, 9.17) is 14.6 Å². The van der Waals surface area contributed by atoms with Gasteiger partial charge in [-0.25, -0.2) is 9.59 Å². The van der Waals surface area contributed by atoms with E-state index in [-0.39, 0.29) is 17.9 Å². The van der Waals surface area contributed by atoms with Crippen molar-refractivity contribution in [1.82, 2.24) is 0 Å². The van der Waals surface area contributed by atoms with Crippen molar-refractivity contribution in [2.75, 3.05) is 6.61 Å². The highest BCUT2D eigenvalue weighted by atomic mass is 16.7. The Morgan fingerprint density at radius 1 is 1.09 bits per heavy atom. The molecule has 22 heavy (non-hydrogen) atoms. The van der Waals surface area contributed by atoms with Crippen molar-refractivity contribution < 1.29 is 24.2 Å². The molecule has 5 nitrogen and oxygen atoms in total. The third kappa shape index (κ3) is 3.25. The lowest BCUT2D eigenvalue weighted by atomic mass is 9.95. The van der Waals surface area contributed by atoms with Crippen molar-refractivity contribution in [2.24, 2.45) is 0 Å². The smallest absolute Gasteiger partial charge is 0.462 e. The summed E-state index contributed by atoms with van der Waals surface area (Å²) >= 11 is 0. The zero-order chi connectivity index (χ0) is 16.1. The van der Waals surface area contributed by atoms with Crippen LogP contribution >= 0.6 is 0 Å². The number of ether oxygens (including phenoxy) is 2. The van der Waals surface area contributed by atoms with Crippen LogP contribution in [0, 0.1) is 6.92 Å². The van der Waals surface area contributed by atoms with E-state index in [9.17, 15) is 9.59 Å². The Morgan fingerprint density at radius 3 is 2.36 bits per heavy atom. The van der Waals surface area contributed by atoms with Gasteiger partial charge in [0.2, 0.25) is 0 Å². The topological polar surface area (TPSA) is 72.8 Å². The molecule has 0 amide bonds. The third-order valence-electron chi connectivity index (χ3n) is 3.19. The zero-order valence-corrected chi connectivity index (χ0v) is 12.3. The average Bonchev–Trinajstić information content (AvgIpc) is 2.48. The fourth-order valence-electron chi connectivity index (χ4n) is 2.25. The summed E-state index contributed by atoms with van der Waals surface area (Å²) in [5, 5.41) is 8.81. The fourth-order valence-corrected chi connectivity index (χ4v) is 2.25. The highest BCUT2D eigenvalue weighted by molar-refractivity contribution is 5.97. The number of carbonyl (C=O) groups is 2. The van der Waals surface area contributed by atoms with Crippen molar-refractivity contribution in [2.45, 2.75) is 13.8 Å². The molecule has 0 saturated carbocycles. The van der Waals surface area contributed by atoms with Crippen molar-refractivity contribution in [3.05, 3.63) is 53.6 Å². The molecule has 0 aliphatic heterocycles. The molecule has 0 aliphatic rings. The summed E-state index contributed by atoms with van der Waals surface area (Å²) in [4.78, 5) is 22.9. The molecular formula is C17H16O5. The Bertz CT molecular complexity index is 692. The molecule has 0 unspecified atom stereocenters. The van der Waals surface area contributed by atoms with Crippen molar-refractivity contribution >= 4 is 12.1 Å². The van der Waals surface area contributed by atoms with E-state index >= 15 is 0 Å². The SMILES string of the molecule is CCOC(=O)c1c(OC(=O)O)ccc(-c2ccccc2)c1C. The zero-order valence-electron chi connectivity index (χ0n) is 12.3. The molecule has 0 bridgehead atoms. The lowest BCUT2D eigenvalue weighted by molar-refractivity contribution is 0.0522. The fraction of sp³-hybridized carbons (Fsp3) is 0.176. The highest BCUT2D eigenvalue weighted by Gasteiger charge is 2.21. The van der Waals surface area contributed by atoms with Crippen LogP contribution in [-0.2, 0) is 4.74 Å². The van der Waals surface area contributed by atoms with Gasteiger partial charge in [0.05, 0.1) is 6.61 Å². The van der Waals surface area contributed by atoms with Crippen LogP contribution in [0.15, 0.2) is 42.5 Å². The van der Waals surface area contributed by atoms with Crippen LogP contribution in [0.4, 0.5) is 4.79 Å². The minimum absolute atomic E-state index is 0.0249. The third-order valence-corrected chi connectivity index (χ3v) is 3.19. The number of esters is 1. The predicted octanol–water partition coefficient (Wildman–Crippen LogP) is 3.90. The molecule has 2 rings (SSSR count). The van der Waals surface area contributed by atoms with Gasteiger partial charge < -0.3 is 14.6 Å². The van der Waals surface area contributed by atoms with Crippen molar-refractivity contribution in [3.8, 4) is 16.9 Å². The van der Waals surface area contributed by atoms with Crippen molar-refractivity contribution in [3.63, 3.8) is 0 Å². The van der Waals surface area contributed by atoms with Gasteiger partial charge in [-0.2, -0.15) is 0 Å². The summed E-state index contributed by atoms with van der Waals surface area (Å²) in [5.74, 6) is -0.628. The van der Waals surface area contributed by atoms with E-state index in [1.54, 1.807) is 19.9 Å². The van der Waals surface area contributed by atoms with Crippen LogP contribution in [0.2, 0.25) is 0 Å². The van der Waals surface area contributed by atoms with E-state index in [2.05, 4.69) is 0 Å². The molecule has 0 spiro atoms.